The summed E-state index contributed by atoms with van der Waals surface area (Å²) in [5, 5.41) is 6.43. The summed E-state index contributed by atoms with van der Waals surface area (Å²) in [4.78, 5) is 14.4. The van der Waals surface area contributed by atoms with Gasteiger partial charge in [-0.25, -0.2) is 0 Å². The van der Waals surface area contributed by atoms with Crippen molar-refractivity contribution in [2.45, 2.75) is 47.1 Å². The van der Waals surface area contributed by atoms with Crippen LogP contribution in [-0.4, -0.2) is 49.6 Å². The van der Waals surface area contributed by atoms with E-state index in [0.29, 0.717) is 18.4 Å². The molecule has 4 heteroatoms. The molecule has 1 aliphatic rings. The van der Waals surface area contributed by atoms with Crippen molar-refractivity contribution in [2.24, 2.45) is 11.3 Å². The summed E-state index contributed by atoms with van der Waals surface area (Å²) >= 11 is 0. The van der Waals surface area contributed by atoms with Crippen LogP contribution in [-0.2, 0) is 4.79 Å². The quantitative estimate of drug-likeness (QED) is 0.767. The SMILES string of the molecule is CC(CC(=O)NCC(C)(C)C(C)C)N1CCNCC1. The fourth-order valence-electron chi connectivity index (χ4n) is 2.12. The van der Waals surface area contributed by atoms with E-state index in [-0.39, 0.29) is 11.3 Å². The smallest absolute Gasteiger partial charge is 0.221 e. The second-order valence-corrected chi connectivity index (χ2v) is 6.76. The third-order valence-electron chi connectivity index (χ3n) is 4.56. The molecule has 1 saturated heterocycles. The van der Waals surface area contributed by atoms with Gasteiger partial charge in [-0.3, -0.25) is 9.69 Å². The van der Waals surface area contributed by atoms with Crippen LogP contribution >= 0.6 is 0 Å². The van der Waals surface area contributed by atoms with Gasteiger partial charge < -0.3 is 10.6 Å². The molecular weight excluding hydrogens is 238 g/mol. The van der Waals surface area contributed by atoms with Crippen LogP contribution in [0.4, 0.5) is 0 Å². The Labute approximate surface area is 118 Å². The summed E-state index contributed by atoms with van der Waals surface area (Å²) < 4.78 is 0. The van der Waals surface area contributed by atoms with Crippen LogP contribution in [0.1, 0.15) is 41.0 Å². The van der Waals surface area contributed by atoms with E-state index in [1.54, 1.807) is 0 Å². The van der Waals surface area contributed by atoms with Crippen LogP contribution in [0.2, 0.25) is 0 Å². The molecule has 1 atom stereocenters. The molecule has 1 amide bonds. The average molecular weight is 269 g/mol. The van der Waals surface area contributed by atoms with E-state index < -0.39 is 0 Å². The van der Waals surface area contributed by atoms with Crippen LogP contribution in [0, 0.1) is 11.3 Å². The average Bonchev–Trinajstić information content (AvgIpc) is 2.37. The number of carbonyl (C=O) groups excluding carboxylic acids is 1. The minimum atomic E-state index is 0.161. The van der Waals surface area contributed by atoms with Gasteiger partial charge in [0.05, 0.1) is 0 Å². The zero-order chi connectivity index (χ0) is 14.5. The predicted molar refractivity (Wildman–Crippen MR) is 80.2 cm³/mol. The molecule has 19 heavy (non-hydrogen) atoms. The topological polar surface area (TPSA) is 44.4 Å². The van der Waals surface area contributed by atoms with Gasteiger partial charge in [-0.2, -0.15) is 0 Å². The number of nitrogens with zero attached hydrogens (tertiary/aromatic N) is 1. The van der Waals surface area contributed by atoms with Crippen LogP contribution in [0.15, 0.2) is 0 Å². The summed E-state index contributed by atoms with van der Waals surface area (Å²) in [6.45, 7) is 15.9. The molecule has 0 aliphatic carbocycles. The summed E-state index contributed by atoms with van der Waals surface area (Å²) in [5.41, 5.74) is 0.161. The first kappa shape index (κ1) is 16.4. The van der Waals surface area contributed by atoms with Gasteiger partial charge in [0.25, 0.3) is 0 Å². The summed E-state index contributed by atoms with van der Waals surface area (Å²) in [6.07, 6.45) is 0.605. The Morgan fingerprint density at radius 1 is 1.26 bits per heavy atom. The predicted octanol–water partition coefficient (Wildman–Crippen LogP) is 1.47. The fourth-order valence-corrected chi connectivity index (χ4v) is 2.12. The highest BCUT2D eigenvalue weighted by Crippen LogP contribution is 2.24. The highest BCUT2D eigenvalue weighted by molar-refractivity contribution is 5.76. The maximum absolute atomic E-state index is 12.0. The Morgan fingerprint density at radius 3 is 2.37 bits per heavy atom. The Morgan fingerprint density at radius 2 is 1.84 bits per heavy atom. The first-order chi connectivity index (χ1) is 8.83. The van der Waals surface area contributed by atoms with Crippen LogP contribution in [0.5, 0.6) is 0 Å². The molecule has 0 radical (unpaired) electrons. The van der Waals surface area contributed by atoms with Gasteiger partial charge in [-0.05, 0) is 18.3 Å². The Bertz CT molecular complexity index is 283. The van der Waals surface area contributed by atoms with E-state index in [1.807, 2.05) is 0 Å². The lowest BCUT2D eigenvalue weighted by molar-refractivity contribution is -0.122. The van der Waals surface area contributed by atoms with E-state index in [0.717, 1.165) is 32.7 Å². The number of nitrogens with one attached hydrogen (secondary N) is 2. The number of hydrogen-bond donors (Lipinski definition) is 2. The van der Waals surface area contributed by atoms with E-state index in [2.05, 4.69) is 50.2 Å². The first-order valence-electron chi connectivity index (χ1n) is 7.54. The third-order valence-corrected chi connectivity index (χ3v) is 4.56. The molecule has 112 valence electrons. The van der Waals surface area contributed by atoms with Crippen molar-refractivity contribution in [1.82, 2.24) is 15.5 Å². The molecule has 1 unspecified atom stereocenters. The van der Waals surface area contributed by atoms with Gasteiger partial charge in [0.15, 0.2) is 0 Å². The van der Waals surface area contributed by atoms with Crippen molar-refractivity contribution in [3.05, 3.63) is 0 Å². The van der Waals surface area contributed by atoms with Gasteiger partial charge in [0.2, 0.25) is 5.91 Å². The highest BCUT2D eigenvalue weighted by Gasteiger charge is 2.24. The molecular formula is C15H31N3O. The minimum Gasteiger partial charge on any atom is -0.356 e. The molecule has 0 aromatic carbocycles. The number of piperazine rings is 1. The zero-order valence-corrected chi connectivity index (χ0v) is 13.3. The maximum Gasteiger partial charge on any atom is 0.221 e. The second kappa shape index (κ2) is 7.25. The minimum absolute atomic E-state index is 0.161. The van der Waals surface area contributed by atoms with E-state index in [9.17, 15) is 4.79 Å². The van der Waals surface area contributed by atoms with E-state index in [1.165, 1.54) is 0 Å². The molecule has 0 bridgehead atoms. The Balaban J connectivity index is 2.30. The number of hydrogen-bond acceptors (Lipinski definition) is 3. The van der Waals surface area contributed by atoms with E-state index in [4.69, 9.17) is 0 Å². The fraction of sp³-hybridized carbons (Fsp3) is 0.933. The van der Waals surface area contributed by atoms with Crippen molar-refractivity contribution in [2.75, 3.05) is 32.7 Å². The number of rotatable bonds is 6. The largest absolute Gasteiger partial charge is 0.356 e. The molecule has 0 spiro atoms. The van der Waals surface area contributed by atoms with E-state index >= 15 is 0 Å². The molecule has 1 fully saturated rings. The first-order valence-corrected chi connectivity index (χ1v) is 7.54. The van der Waals surface area contributed by atoms with Gasteiger partial charge in [0.1, 0.15) is 0 Å². The third kappa shape index (κ3) is 5.49. The molecule has 0 aromatic rings. The van der Waals surface area contributed by atoms with Crippen LogP contribution < -0.4 is 10.6 Å². The van der Waals surface area contributed by atoms with Gasteiger partial charge in [-0.1, -0.05) is 27.7 Å². The van der Waals surface area contributed by atoms with Crippen molar-refractivity contribution in [3.8, 4) is 0 Å². The van der Waals surface area contributed by atoms with Gasteiger partial charge >= 0.3 is 0 Å². The van der Waals surface area contributed by atoms with Crippen molar-refractivity contribution in [1.29, 1.82) is 0 Å². The van der Waals surface area contributed by atoms with Crippen molar-refractivity contribution >= 4 is 5.91 Å². The summed E-state index contributed by atoms with van der Waals surface area (Å²) in [5.74, 6) is 0.748. The molecule has 0 saturated carbocycles. The lowest BCUT2D eigenvalue weighted by atomic mass is 9.81. The Kier molecular flexibility index (Phi) is 6.27. The van der Waals surface area contributed by atoms with Gasteiger partial charge in [0, 0.05) is 45.2 Å². The molecule has 0 aromatic heterocycles. The summed E-state index contributed by atoms with van der Waals surface area (Å²) in [7, 11) is 0. The molecule has 1 aliphatic heterocycles. The molecule has 1 rings (SSSR count). The summed E-state index contributed by atoms with van der Waals surface area (Å²) in [6, 6.07) is 0.337. The zero-order valence-electron chi connectivity index (χ0n) is 13.3. The maximum atomic E-state index is 12.0. The molecule has 1 heterocycles. The number of amides is 1. The van der Waals surface area contributed by atoms with Crippen molar-refractivity contribution < 1.29 is 4.79 Å². The van der Waals surface area contributed by atoms with Gasteiger partial charge in [-0.15, -0.1) is 0 Å². The van der Waals surface area contributed by atoms with Crippen molar-refractivity contribution in [3.63, 3.8) is 0 Å². The lowest BCUT2D eigenvalue weighted by Crippen LogP contribution is -2.49. The Hall–Kier alpha value is -0.610. The molecule has 2 N–H and O–H groups in total. The monoisotopic (exact) mass is 269 g/mol. The second-order valence-electron chi connectivity index (χ2n) is 6.76. The molecule has 4 nitrogen and oxygen atoms in total. The normalized spacial score (nSPS) is 19.5. The van der Waals surface area contributed by atoms with Crippen LogP contribution in [0.3, 0.4) is 0 Å². The standard InChI is InChI=1S/C15H31N3O/c1-12(2)15(4,5)11-17-14(19)10-13(3)18-8-6-16-7-9-18/h12-13,16H,6-11H2,1-5H3,(H,17,19). The lowest BCUT2D eigenvalue weighted by Gasteiger charge is -2.33. The highest BCUT2D eigenvalue weighted by atomic mass is 16.1. The van der Waals surface area contributed by atoms with Crippen LogP contribution in [0.25, 0.3) is 0 Å². The number of carbonyl (C=O) groups is 1.